The molecule has 1 saturated carbocycles. The third kappa shape index (κ3) is 12.0. The maximum absolute atomic E-state index is 15.1. The van der Waals surface area contributed by atoms with Gasteiger partial charge in [0.15, 0.2) is 0 Å². The molecular formula is C24H36F14N2O2S. The third-order valence-corrected chi connectivity index (χ3v) is 9.15. The molecule has 0 amide bonds. The van der Waals surface area contributed by atoms with Crippen LogP contribution >= 0.6 is 0 Å². The van der Waals surface area contributed by atoms with Crippen LogP contribution < -0.4 is 4.72 Å². The molecule has 0 aromatic carbocycles. The predicted octanol–water partition coefficient (Wildman–Crippen LogP) is 7.61. The minimum absolute atomic E-state index is 0.210. The van der Waals surface area contributed by atoms with E-state index in [0.29, 0.717) is 6.54 Å². The van der Waals surface area contributed by atoms with Crippen LogP contribution in [-0.2, 0) is 10.0 Å². The summed E-state index contributed by atoms with van der Waals surface area (Å²) in [5, 5.41) is 0. The van der Waals surface area contributed by atoms with Crippen molar-refractivity contribution in [3.8, 4) is 0 Å². The van der Waals surface area contributed by atoms with Gasteiger partial charge in [0.2, 0.25) is 15.7 Å². The second-order valence-electron chi connectivity index (χ2n) is 11.8. The van der Waals surface area contributed by atoms with Crippen molar-refractivity contribution in [1.82, 2.24) is 9.62 Å². The Bertz CT molecular complexity index is 993. The first kappa shape index (κ1) is 39.9. The summed E-state index contributed by atoms with van der Waals surface area (Å²) in [5.74, 6) is -24.3. The molecule has 4 nitrogen and oxygen atoms in total. The van der Waals surface area contributed by atoms with Crippen LogP contribution in [0.5, 0.6) is 0 Å². The normalized spacial score (nSPS) is 25.6. The fourth-order valence-electron chi connectivity index (χ4n) is 5.56. The maximum atomic E-state index is 15.1. The Morgan fingerprint density at radius 3 is 1.81 bits per heavy atom. The monoisotopic (exact) mass is 682 g/mol. The summed E-state index contributed by atoms with van der Waals surface area (Å²) in [4.78, 5) is 1.67. The first-order valence-electron chi connectivity index (χ1n) is 13.2. The van der Waals surface area contributed by atoms with Gasteiger partial charge in [-0.3, -0.25) is 0 Å². The quantitative estimate of drug-likeness (QED) is 0.152. The van der Waals surface area contributed by atoms with Gasteiger partial charge in [-0.05, 0) is 65.1 Å². The molecule has 0 saturated heterocycles. The Hall–Kier alpha value is -1.11. The minimum atomic E-state index is -5.88. The van der Waals surface area contributed by atoms with E-state index >= 15 is 8.78 Å². The number of hydrogen-bond acceptors (Lipinski definition) is 3. The van der Waals surface area contributed by atoms with Crippen molar-refractivity contribution in [2.45, 2.75) is 88.4 Å². The summed E-state index contributed by atoms with van der Waals surface area (Å²) in [6, 6.07) is 0. The van der Waals surface area contributed by atoms with E-state index in [9.17, 15) is 61.1 Å². The van der Waals surface area contributed by atoms with Gasteiger partial charge in [0, 0.05) is 12.5 Å². The van der Waals surface area contributed by atoms with Crippen LogP contribution in [0.1, 0.15) is 52.4 Å². The van der Waals surface area contributed by atoms with E-state index in [1.165, 1.54) is 0 Å². The molecule has 0 bridgehead atoms. The predicted molar refractivity (Wildman–Crippen MR) is 129 cm³/mol. The van der Waals surface area contributed by atoms with Gasteiger partial charge in [-0.25, -0.2) is 35.1 Å². The molecule has 6 unspecified atom stereocenters. The number of alkyl halides is 14. The number of halogens is 14. The zero-order valence-electron chi connectivity index (χ0n) is 23.7. The largest absolute Gasteiger partial charge is 0.422 e. The van der Waals surface area contributed by atoms with E-state index in [2.05, 4.69) is 0 Å². The van der Waals surface area contributed by atoms with Crippen molar-refractivity contribution in [2.24, 2.45) is 29.6 Å². The molecule has 0 radical (unpaired) electrons. The highest BCUT2D eigenvalue weighted by atomic mass is 32.2. The lowest BCUT2D eigenvalue weighted by molar-refractivity contribution is -0.265. The van der Waals surface area contributed by atoms with Gasteiger partial charge in [0.05, 0.1) is 30.4 Å². The number of sulfonamides is 1. The van der Waals surface area contributed by atoms with Gasteiger partial charge in [0.25, 0.3) is 11.8 Å². The summed E-state index contributed by atoms with van der Waals surface area (Å²) in [6.07, 6.45) is -26.5. The molecule has 0 aromatic rings. The Balaban J connectivity index is 3.32. The van der Waals surface area contributed by atoms with Gasteiger partial charge < -0.3 is 4.90 Å². The van der Waals surface area contributed by atoms with E-state index in [1.54, 1.807) is 19.0 Å². The van der Waals surface area contributed by atoms with E-state index in [0.717, 1.165) is 6.92 Å². The van der Waals surface area contributed by atoms with Crippen LogP contribution in [0, 0.1) is 29.6 Å². The van der Waals surface area contributed by atoms with Crippen LogP contribution in [0.4, 0.5) is 61.5 Å². The number of hydrogen-bond donors (Lipinski definition) is 1. The smallest absolute Gasteiger partial charge is 0.309 e. The molecule has 1 rings (SSSR count). The van der Waals surface area contributed by atoms with E-state index in [-0.39, 0.29) is 19.9 Å². The second-order valence-corrected chi connectivity index (χ2v) is 13.8. The lowest BCUT2D eigenvalue weighted by Crippen LogP contribution is -2.51. The highest BCUT2D eigenvalue weighted by Gasteiger charge is 2.63. The van der Waals surface area contributed by atoms with E-state index in [1.807, 2.05) is 4.72 Å². The van der Waals surface area contributed by atoms with Crippen LogP contribution in [0.15, 0.2) is 0 Å². The van der Waals surface area contributed by atoms with Crippen molar-refractivity contribution in [2.75, 3.05) is 32.9 Å². The molecule has 1 N–H and O–H groups in total. The summed E-state index contributed by atoms with van der Waals surface area (Å²) >= 11 is 0. The minimum Gasteiger partial charge on any atom is -0.309 e. The molecule has 1 fully saturated rings. The lowest BCUT2D eigenvalue weighted by Gasteiger charge is -2.47. The number of nitrogens with zero attached hydrogens (tertiary/aromatic N) is 1. The summed E-state index contributed by atoms with van der Waals surface area (Å²) < 4.78 is 221. The zero-order valence-corrected chi connectivity index (χ0v) is 24.5. The van der Waals surface area contributed by atoms with Gasteiger partial charge in [-0.1, -0.05) is 6.92 Å². The SMILES string of the molecule is CC1CC(C(F)(F)F)C(C(CCS(=O)(=O)NCCCN(C)C)C(F)(F)F)CC1C(F)(F)CC(F)(F)CC(C)(F)C(F)(F)F. The molecule has 19 heteroatoms. The number of nitrogens with one attached hydrogen (secondary N) is 1. The average Bonchev–Trinajstić information content (AvgIpc) is 2.73. The molecule has 0 aromatic heterocycles. The molecule has 258 valence electrons. The highest BCUT2D eigenvalue weighted by molar-refractivity contribution is 7.89. The molecule has 1 aliphatic carbocycles. The van der Waals surface area contributed by atoms with Crippen molar-refractivity contribution in [1.29, 1.82) is 0 Å². The fraction of sp³-hybridized carbons (Fsp3) is 1.00. The van der Waals surface area contributed by atoms with Crippen LogP contribution in [0.2, 0.25) is 0 Å². The molecule has 1 aliphatic rings. The van der Waals surface area contributed by atoms with Crippen LogP contribution in [0.3, 0.4) is 0 Å². The maximum Gasteiger partial charge on any atom is 0.422 e. The molecule has 6 atom stereocenters. The Labute approximate surface area is 241 Å². The zero-order chi connectivity index (χ0) is 34.0. The van der Waals surface area contributed by atoms with E-state index < -0.39 is 114 Å². The van der Waals surface area contributed by atoms with Crippen molar-refractivity contribution < 1.29 is 69.9 Å². The van der Waals surface area contributed by atoms with Gasteiger partial charge in [-0.15, -0.1) is 0 Å². The van der Waals surface area contributed by atoms with Gasteiger partial charge >= 0.3 is 18.5 Å². The standard InChI is InChI=1S/C24H36F14N2O2S/c1-14-10-18(23(33,34)35)15(16(22(30,31)32)6-9-43(41,42)39-7-5-8-40(3)4)11-17(14)21(28,29)13-20(26,27)12-19(2,25)24(36,37)38/h14-18,39H,5-13H2,1-4H3. The Morgan fingerprint density at radius 2 is 1.37 bits per heavy atom. The first-order valence-corrected chi connectivity index (χ1v) is 14.8. The lowest BCUT2D eigenvalue weighted by atomic mass is 9.61. The number of rotatable bonds is 14. The van der Waals surface area contributed by atoms with Crippen molar-refractivity contribution in [3.63, 3.8) is 0 Å². The molecule has 0 spiro atoms. The van der Waals surface area contributed by atoms with Crippen molar-refractivity contribution in [3.05, 3.63) is 0 Å². The Kier molecular flexibility index (Phi) is 12.7. The first-order chi connectivity index (χ1) is 18.9. The van der Waals surface area contributed by atoms with Crippen LogP contribution in [-0.4, -0.2) is 82.3 Å². The summed E-state index contributed by atoms with van der Waals surface area (Å²) in [6.45, 7) is 0.617. The molecule has 0 heterocycles. The molecule has 43 heavy (non-hydrogen) atoms. The summed E-state index contributed by atoms with van der Waals surface area (Å²) in [7, 11) is -1.15. The van der Waals surface area contributed by atoms with Crippen LogP contribution in [0.25, 0.3) is 0 Å². The molecule has 0 aliphatic heterocycles. The third-order valence-electron chi connectivity index (χ3n) is 7.73. The van der Waals surface area contributed by atoms with Gasteiger partial charge in [0.1, 0.15) is 0 Å². The fourth-order valence-corrected chi connectivity index (χ4v) is 6.73. The average molecular weight is 683 g/mol. The molecular weight excluding hydrogens is 646 g/mol. The Morgan fingerprint density at radius 1 is 0.837 bits per heavy atom. The van der Waals surface area contributed by atoms with Gasteiger partial charge in [-0.2, -0.15) is 39.5 Å². The topological polar surface area (TPSA) is 49.4 Å². The second kappa shape index (κ2) is 13.7. The summed E-state index contributed by atoms with van der Waals surface area (Å²) in [5.41, 5.74) is -4.62. The highest BCUT2D eigenvalue weighted by Crippen LogP contribution is 2.57. The van der Waals surface area contributed by atoms with E-state index in [4.69, 9.17) is 0 Å². The van der Waals surface area contributed by atoms with Crippen molar-refractivity contribution >= 4 is 10.0 Å².